The van der Waals surface area contributed by atoms with Crippen LogP contribution in [0.2, 0.25) is 0 Å². The fourth-order valence-electron chi connectivity index (χ4n) is 6.07. The summed E-state index contributed by atoms with van der Waals surface area (Å²) in [5.74, 6) is -0.233. The lowest BCUT2D eigenvalue weighted by Gasteiger charge is -2.38. The van der Waals surface area contributed by atoms with Gasteiger partial charge in [0, 0.05) is 30.8 Å². The summed E-state index contributed by atoms with van der Waals surface area (Å²) in [6.07, 6.45) is 3.39. The second-order valence-electron chi connectivity index (χ2n) is 10.4. The minimum Gasteiger partial charge on any atom is -0.386 e. The molecule has 1 unspecified atom stereocenters. The molecular weight excluding hydrogens is 492 g/mol. The topological polar surface area (TPSA) is 187 Å². The van der Waals surface area contributed by atoms with Crippen molar-refractivity contribution in [2.45, 2.75) is 56.5 Å². The Labute approximate surface area is 228 Å². The van der Waals surface area contributed by atoms with E-state index >= 15 is 0 Å². The van der Waals surface area contributed by atoms with Crippen molar-refractivity contribution in [3.8, 4) is 6.07 Å². The van der Waals surface area contributed by atoms with Gasteiger partial charge >= 0.3 is 0 Å². The molecule has 39 heavy (non-hydrogen) atoms. The van der Waals surface area contributed by atoms with E-state index in [1.54, 1.807) is 19.2 Å². The Kier molecular flexibility index (Phi) is 8.02. The van der Waals surface area contributed by atoms with E-state index in [2.05, 4.69) is 16.4 Å². The van der Waals surface area contributed by atoms with Gasteiger partial charge in [0.15, 0.2) is 0 Å². The van der Waals surface area contributed by atoms with E-state index in [4.69, 9.17) is 22.6 Å². The van der Waals surface area contributed by atoms with E-state index in [1.807, 2.05) is 36.1 Å². The van der Waals surface area contributed by atoms with Crippen molar-refractivity contribution in [2.75, 3.05) is 20.1 Å². The molecule has 2 atom stereocenters. The minimum absolute atomic E-state index is 0.126. The van der Waals surface area contributed by atoms with Gasteiger partial charge in [-0.05, 0) is 85.5 Å². The zero-order chi connectivity index (χ0) is 28.3. The molecule has 1 aliphatic carbocycles. The number of fused-ring (bicyclic) bond motifs is 2. The van der Waals surface area contributed by atoms with Crippen molar-refractivity contribution >= 4 is 23.5 Å². The van der Waals surface area contributed by atoms with Crippen molar-refractivity contribution in [2.24, 2.45) is 22.2 Å². The number of aryl methyl sites for hydroxylation is 2. The first kappa shape index (κ1) is 27.8. The van der Waals surface area contributed by atoms with Gasteiger partial charge in [-0.2, -0.15) is 5.26 Å². The lowest BCUT2D eigenvalue weighted by molar-refractivity contribution is 0.0991. The van der Waals surface area contributed by atoms with Crippen molar-refractivity contribution in [3.05, 3.63) is 69.8 Å². The number of likely N-dealkylation sites (tertiary alicyclic amines) is 1. The molecule has 1 saturated heterocycles. The van der Waals surface area contributed by atoms with Crippen LogP contribution in [0.1, 0.15) is 69.2 Å². The van der Waals surface area contributed by atoms with Crippen LogP contribution in [0.4, 0.5) is 0 Å². The molecule has 0 saturated carbocycles. The highest BCUT2D eigenvalue weighted by Crippen LogP contribution is 2.44. The monoisotopic (exact) mass is 528 g/mol. The van der Waals surface area contributed by atoms with Gasteiger partial charge in [0.1, 0.15) is 17.7 Å². The van der Waals surface area contributed by atoms with Crippen LogP contribution in [0.5, 0.6) is 0 Å². The molecule has 204 valence electrons. The number of hydrogen-bond acceptors (Lipinski definition) is 6. The third-order valence-corrected chi connectivity index (χ3v) is 8.02. The Morgan fingerprint density at radius 3 is 2.18 bits per heavy atom. The molecule has 2 aromatic rings. The van der Waals surface area contributed by atoms with Crippen LogP contribution in [-0.4, -0.2) is 60.6 Å². The summed E-state index contributed by atoms with van der Waals surface area (Å²) in [6, 6.07) is 12.8. The van der Waals surface area contributed by atoms with Crippen LogP contribution >= 0.6 is 0 Å². The third-order valence-electron chi connectivity index (χ3n) is 8.02. The van der Waals surface area contributed by atoms with Gasteiger partial charge in [-0.3, -0.25) is 20.0 Å². The van der Waals surface area contributed by atoms with Gasteiger partial charge in [-0.15, -0.1) is 0 Å². The quantitative estimate of drug-likeness (QED) is 0.255. The molecule has 10 nitrogen and oxygen atoms in total. The molecule has 4 rings (SSSR count). The van der Waals surface area contributed by atoms with Gasteiger partial charge in [0.25, 0.3) is 0 Å². The normalized spacial score (nSPS) is 18.8. The van der Waals surface area contributed by atoms with Crippen molar-refractivity contribution in [1.82, 2.24) is 10.2 Å². The molecule has 0 bridgehead atoms. The zero-order valence-corrected chi connectivity index (χ0v) is 22.5. The second-order valence-corrected chi connectivity index (χ2v) is 10.4. The summed E-state index contributed by atoms with van der Waals surface area (Å²) in [5.41, 5.74) is 21.6. The first-order chi connectivity index (χ1) is 18.6. The number of amides is 2. The first-order valence-corrected chi connectivity index (χ1v) is 13.2. The van der Waals surface area contributed by atoms with Gasteiger partial charge in [-0.25, -0.2) is 0 Å². The maximum Gasteiger partial charge on any atom is 0.248 e. The van der Waals surface area contributed by atoms with E-state index in [0.29, 0.717) is 55.2 Å². The number of nitriles is 1. The number of nitrogens with zero attached hydrogens (tertiary/aromatic N) is 3. The molecule has 10 heteroatoms. The van der Waals surface area contributed by atoms with E-state index < -0.39 is 17.2 Å². The molecule has 2 aliphatic rings. The van der Waals surface area contributed by atoms with Crippen molar-refractivity contribution < 1.29 is 9.59 Å². The maximum atomic E-state index is 12.0. The number of amidine groups is 2. The van der Waals surface area contributed by atoms with Crippen molar-refractivity contribution in [3.63, 3.8) is 0 Å². The highest BCUT2D eigenvalue weighted by atomic mass is 16.1. The van der Waals surface area contributed by atoms with E-state index in [1.165, 1.54) is 0 Å². The van der Waals surface area contributed by atoms with Gasteiger partial charge < -0.3 is 27.4 Å². The molecule has 1 fully saturated rings. The number of nitrogens with two attached hydrogens (primary N) is 3. The van der Waals surface area contributed by atoms with Crippen LogP contribution < -0.4 is 22.5 Å². The number of nitrogens with one attached hydrogen (secondary N) is 2. The summed E-state index contributed by atoms with van der Waals surface area (Å²) in [4.78, 5) is 30.3. The fourth-order valence-corrected chi connectivity index (χ4v) is 6.07. The summed E-state index contributed by atoms with van der Waals surface area (Å²) in [7, 11) is 1.65. The van der Waals surface area contributed by atoms with Crippen LogP contribution in [0.25, 0.3) is 0 Å². The SMILES string of the molecule is CN=C(N)C1(C[C@H](C)NCC(=N)N2CCCC2C#N)c2ccc(C(N)=O)cc2CCc2cc(C(N)=O)ccc21. The van der Waals surface area contributed by atoms with E-state index in [9.17, 15) is 14.9 Å². The highest BCUT2D eigenvalue weighted by molar-refractivity contribution is 5.98. The lowest BCUT2D eigenvalue weighted by Crippen LogP contribution is -2.49. The number of benzene rings is 2. The number of hydrogen-bond donors (Lipinski definition) is 5. The summed E-state index contributed by atoms with van der Waals surface area (Å²) < 4.78 is 0. The molecule has 0 spiro atoms. The average molecular weight is 529 g/mol. The predicted molar refractivity (Wildman–Crippen MR) is 151 cm³/mol. The summed E-state index contributed by atoms with van der Waals surface area (Å²) in [6.45, 7) is 3.04. The molecule has 1 heterocycles. The van der Waals surface area contributed by atoms with Crippen LogP contribution in [0, 0.1) is 16.7 Å². The molecule has 1 aliphatic heterocycles. The van der Waals surface area contributed by atoms with Crippen LogP contribution in [0.15, 0.2) is 41.4 Å². The number of primary amides is 2. The van der Waals surface area contributed by atoms with Crippen LogP contribution in [-0.2, 0) is 18.3 Å². The predicted octanol–water partition coefficient (Wildman–Crippen LogP) is 1.59. The average Bonchev–Trinajstić information content (AvgIpc) is 3.37. The number of aliphatic imine (C=N–C) groups is 1. The summed E-state index contributed by atoms with van der Waals surface area (Å²) >= 11 is 0. The molecule has 8 N–H and O–H groups in total. The highest BCUT2D eigenvalue weighted by Gasteiger charge is 2.44. The molecule has 0 aromatic heterocycles. The number of rotatable bonds is 8. The second kappa shape index (κ2) is 11.3. The third kappa shape index (κ3) is 5.22. The van der Waals surface area contributed by atoms with E-state index in [-0.39, 0.29) is 12.1 Å². The maximum absolute atomic E-state index is 12.0. The fraction of sp³-hybridized carbons (Fsp3) is 0.414. The Balaban J connectivity index is 1.77. The van der Waals surface area contributed by atoms with Gasteiger partial charge in [0.2, 0.25) is 11.8 Å². The van der Waals surface area contributed by atoms with Gasteiger partial charge in [0.05, 0.1) is 18.0 Å². The van der Waals surface area contributed by atoms with Gasteiger partial charge in [-0.1, -0.05) is 12.1 Å². The lowest BCUT2D eigenvalue weighted by atomic mass is 9.67. The number of carbonyl (C=O) groups is 2. The van der Waals surface area contributed by atoms with E-state index in [0.717, 1.165) is 35.1 Å². The Morgan fingerprint density at radius 2 is 1.69 bits per heavy atom. The Hall–Kier alpha value is -4.23. The largest absolute Gasteiger partial charge is 0.386 e. The zero-order valence-electron chi connectivity index (χ0n) is 22.5. The summed E-state index contributed by atoms with van der Waals surface area (Å²) in [5, 5.41) is 21.5. The first-order valence-electron chi connectivity index (χ1n) is 13.2. The Morgan fingerprint density at radius 1 is 1.13 bits per heavy atom. The number of carbonyl (C=O) groups excluding carboxylic acids is 2. The molecular formula is C29H36N8O2. The molecule has 0 radical (unpaired) electrons. The molecule has 2 amide bonds. The standard InChI is InChI=1S/C29H36N8O2/c1-17(36-16-25(31)37-11-3-4-22(37)15-30)14-29(28(34)35-2)23-9-7-20(26(32)38)12-18(23)5-6-19-13-21(27(33)39)8-10-24(19)29/h7-10,12-13,17,22,31,36H,3-6,11,14,16H2,1-2H3,(H2,32,38)(H2,33,39)(H2,34,35)/t17-,22?/m0/s1. The smallest absolute Gasteiger partial charge is 0.248 e. The van der Waals surface area contributed by atoms with Crippen molar-refractivity contribution in [1.29, 1.82) is 10.7 Å². The minimum atomic E-state index is -0.875. The Bertz CT molecular complexity index is 1310. The van der Waals surface area contributed by atoms with Crippen LogP contribution in [0.3, 0.4) is 0 Å². The molecule has 2 aromatic carbocycles.